The SMILES string of the molecule is C1=CC[SiH]=C1.[Ru].c1ccc2c(c1)[nH]c1c3cccnc3ccc21. The van der Waals surface area contributed by atoms with Crippen LogP contribution in [0.1, 0.15) is 0 Å². The van der Waals surface area contributed by atoms with E-state index >= 15 is 0 Å². The Balaban J connectivity index is 0.000000226. The third-order valence-electron chi connectivity index (χ3n) is 3.92. The molecule has 4 heteroatoms. The van der Waals surface area contributed by atoms with Crippen LogP contribution in [0.4, 0.5) is 0 Å². The number of rotatable bonds is 0. The number of hydrogen-bond donors (Lipinski definition) is 1. The molecule has 1 N–H and O–H groups in total. The predicted octanol–water partition coefficient (Wildman–Crippen LogP) is 4.08. The van der Waals surface area contributed by atoms with Crippen molar-refractivity contribution in [3.63, 3.8) is 0 Å². The van der Waals surface area contributed by atoms with Gasteiger partial charge in [-0.25, -0.2) is 0 Å². The molecule has 0 saturated carbocycles. The Morgan fingerprint density at radius 3 is 2.57 bits per heavy atom. The van der Waals surface area contributed by atoms with E-state index in [1.807, 2.05) is 12.3 Å². The van der Waals surface area contributed by atoms with E-state index in [0.717, 1.165) is 5.52 Å². The summed E-state index contributed by atoms with van der Waals surface area (Å²) in [5, 5.41) is 3.72. The molecular weight excluding hydrogens is 385 g/mol. The van der Waals surface area contributed by atoms with Crippen molar-refractivity contribution in [3.8, 4) is 0 Å². The Morgan fingerprint density at radius 1 is 0.913 bits per heavy atom. The van der Waals surface area contributed by atoms with Crippen LogP contribution in [-0.4, -0.2) is 24.8 Å². The molecule has 0 fully saturated rings. The first-order valence-corrected chi connectivity index (χ1v) is 8.97. The minimum atomic E-state index is 0. The molecule has 2 aromatic heterocycles. The van der Waals surface area contributed by atoms with Crippen LogP contribution in [0.5, 0.6) is 0 Å². The van der Waals surface area contributed by atoms with Crippen molar-refractivity contribution < 1.29 is 19.5 Å². The largest absolute Gasteiger partial charge is 0.354 e. The van der Waals surface area contributed by atoms with Crippen LogP contribution >= 0.6 is 0 Å². The smallest absolute Gasteiger partial charge is 0.0723 e. The Labute approximate surface area is 149 Å². The van der Waals surface area contributed by atoms with E-state index in [9.17, 15) is 0 Å². The average molecular weight is 402 g/mol. The van der Waals surface area contributed by atoms with E-state index in [-0.39, 0.29) is 19.5 Å². The summed E-state index contributed by atoms with van der Waals surface area (Å²) in [5.74, 6) is 0. The zero-order valence-electron chi connectivity index (χ0n) is 12.5. The number of para-hydroxylation sites is 1. The normalized spacial score (nSPS) is 12.3. The number of nitrogens with zero attached hydrogens (tertiary/aromatic N) is 1. The molecule has 0 radical (unpaired) electrons. The van der Waals surface area contributed by atoms with Crippen molar-refractivity contribution in [3.05, 3.63) is 66.9 Å². The Bertz CT molecular complexity index is 1010. The zero-order valence-corrected chi connectivity index (χ0v) is 15.4. The van der Waals surface area contributed by atoms with Crippen LogP contribution < -0.4 is 0 Å². The molecule has 0 spiro atoms. The maximum absolute atomic E-state index is 4.38. The van der Waals surface area contributed by atoms with E-state index in [4.69, 9.17) is 0 Å². The predicted molar refractivity (Wildman–Crippen MR) is 98.3 cm³/mol. The van der Waals surface area contributed by atoms with Gasteiger partial charge in [-0.05, 0) is 39.4 Å². The first kappa shape index (κ1) is 16.0. The first-order chi connectivity index (χ1) is 10.9. The number of aromatic amines is 1. The number of nitrogens with one attached hydrogen (secondary N) is 1. The van der Waals surface area contributed by atoms with Gasteiger partial charge in [0, 0.05) is 47.4 Å². The molecule has 3 heterocycles. The third kappa shape index (κ3) is 3.10. The monoisotopic (exact) mass is 402 g/mol. The average Bonchev–Trinajstić information content (AvgIpc) is 3.26. The van der Waals surface area contributed by atoms with Gasteiger partial charge in [0.2, 0.25) is 0 Å². The fourth-order valence-corrected chi connectivity index (χ4v) is 3.65. The fraction of sp³-hybridized carbons (Fsp3) is 0.0526. The number of pyridine rings is 1. The summed E-state index contributed by atoms with van der Waals surface area (Å²) in [7, 11) is 0.690. The van der Waals surface area contributed by atoms with Gasteiger partial charge in [-0.15, -0.1) is 0 Å². The molecule has 23 heavy (non-hydrogen) atoms. The maximum Gasteiger partial charge on any atom is 0.0723 e. The second-order valence-corrected chi connectivity index (χ2v) is 6.65. The molecule has 2 nitrogen and oxygen atoms in total. The summed E-state index contributed by atoms with van der Waals surface area (Å²) in [4.78, 5) is 7.86. The second-order valence-electron chi connectivity index (χ2n) is 5.32. The van der Waals surface area contributed by atoms with Gasteiger partial charge in [0.1, 0.15) is 0 Å². The quantitative estimate of drug-likeness (QED) is 0.442. The molecule has 1 aliphatic heterocycles. The number of fused-ring (bicyclic) bond motifs is 5. The van der Waals surface area contributed by atoms with E-state index in [1.165, 1.54) is 33.2 Å². The standard InChI is InChI=1S/C15H10N2.C4H6Si.Ru/c1-2-6-14-10(4-1)11-7-8-13-12(15(11)17-14)5-3-9-16-13;1-2-4-5-3-1;/h1-9,17H;1-3,5H,4H2;. The molecule has 5 rings (SSSR count). The topological polar surface area (TPSA) is 28.7 Å². The molecular formula is C19H16N2RuSi. The molecule has 0 atom stereocenters. The molecule has 0 unspecified atom stereocenters. The Hall–Kier alpha value is -1.90. The number of benzene rings is 2. The molecule has 0 bridgehead atoms. The van der Waals surface area contributed by atoms with Crippen LogP contribution in [0.15, 0.2) is 66.9 Å². The fourth-order valence-electron chi connectivity index (χ4n) is 2.87. The maximum atomic E-state index is 4.38. The van der Waals surface area contributed by atoms with Gasteiger partial charge in [-0.1, -0.05) is 42.1 Å². The molecule has 0 aliphatic carbocycles. The van der Waals surface area contributed by atoms with Crippen molar-refractivity contribution in [2.75, 3.05) is 0 Å². The molecule has 114 valence electrons. The van der Waals surface area contributed by atoms with Crippen LogP contribution in [0.2, 0.25) is 6.04 Å². The van der Waals surface area contributed by atoms with Crippen LogP contribution in [-0.2, 0) is 19.5 Å². The van der Waals surface area contributed by atoms with Crippen molar-refractivity contribution in [1.29, 1.82) is 0 Å². The third-order valence-corrected chi connectivity index (χ3v) is 4.96. The summed E-state index contributed by atoms with van der Waals surface area (Å²) in [6, 6.07) is 18.0. The number of hydrogen-bond acceptors (Lipinski definition) is 1. The van der Waals surface area contributed by atoms with E-state index in [1.54, 1.807) is 0 Å². The minimum absolute atomic E-state index is 0. The molecule has 2 aromatic carbocycles. The van der Waals surface area contributed by atoms with Crippen molar-refractivity contribution in [1.82, 2.24) is 9.97 Å². The number of H-pyrrole nitrogens is 1. The van der Waals surface area contributed by atoms with E-state index < -0.39 is 0 Å². The summed E-state index contributed by atoms with van der Waals surface area (Å²) in [5.41, 5.74) is 5.65. The number of aromatic nitrogens is 2. The van der Waals surface area contributed by atoms with Gasteiger partial charge in [-0.2, -0.15) is 0 Å². The van der Waals surface area contributed by atoms with E-state index in [2.05, 4.69) is 70.3 Å². The Morgan fingerprint density at radius 2 is 1.78 bits per heavy atom. The van der Waals surface area contributed by atoms with Crippen LogP contribution in [0.3, 0.4) is 0 Å². The first-order valence-electron chi connectivity index (χ1n) is 7.49. The summed E-state index contributed by atoms with van der Waals surface area (Å²) >= 11 is 0. The number of allylic oxidation sites excluding steroid dienone is 2. The summed E-state index contributed by atoms with van der Waals surface area (Å²) in [6.07, 6.45) is 6.20. The zero-order chi connectivity index (χ0) is 14.8. The second kappa shape index (κ2) is 7.12. The molecule has 0 saturated heterocycles. The summed E-state index contributed by atoms with van der Waals surface area (Å²) in [6.45, 7) is 0. The van der Waals surface area contributed by atoms with Gasteiger partial charge in [0.25, 0.3) is 0 Å². The van der Waals surface area contributed by atoms with Gasteiger partial charge >= 0.3 is 0 Å². The minimum Gasteiger partial charge on any atom is -0.354 e. The molecule has 4 aromatic rings. The Kier molecular flexibility index (Phi) is 4.94. The van der Waals surface area contributed by atoms with Crippen LogP contribution in [0, 0.1) is 0 Å². The van der Waals surface area contributed by atoms with Crippen molar-refractivity contribution >= 4 is 47.5 Å². The van der Waals surface area contributed by atoms with Gasteiger partial charge in [0.15, 0.2) is 0 Å². The molecule has 0 amide bonds. The molecule has 1 aliphatic rings. The van der Waals surface area contributed by atoms with Crippen molar-refractivity contribution in [2.24, 2.45) is 0 Å². The summed E-state index contributed by atoms with van der Waals surface area (Å²) < 4.78 is 0. The van der Waals surface area contributed by atoms with Gasteiger partial charge in [0.05, 0.1) is 11.0 Å². The van der Waals surface area contributed by atoms with Crippen LogP contribution in [0.25, 0.3) is 32.7 Å². The van der Waals surface area contributed by atoms with E-state index in [0.29, 0.717) is 9.13 Å². The van der Waals surface area contributed by atoms with Crippen molar-refractivity contribution in [2.45, 2.75) is 6.04 Å². The van der Waals surface area contributed by atoms with Gasteiger partial charge < -0.3 is 4.98 Å². The van der Waals surface area contributed by atoms with Gasteiger partial charge in [-0.3, -0.25) is 4.98 Å².